The Balaban J connectivity index is 2.16. The number of nitrogen functional groups attached to an aromatic ring is 2. The van der Waals surface area contributed by atoms with Crippen LogP contribution in [0.1, 0.15) is 23.7 Å². The molecule has 18 heavy (non-hydrogen) atoms. The molecule has 5 heteroatoms. The van der Waals surface area contributed by atoms with Crippen LogP contribution in [0.3, 0.4) is 0 Å². The zero-order valence-electron chi connectivity index (χ0n) is 10.5. The van der Waals surface area contributed by atoms with Crippen LogP contribution in [-0.4, -0.2) is 35.1 Å². The summed E-state index contributed by atoms with van der Waals surface area (Å²) in [6.07, 6.45) is 0.291. The van der Waals surface area contributed by atoms with Gasteiger partial charge in [0.25, 0.3) is 5.91 Å². The van der Waals surface area contributed by atoms with Gasteiger partial charge in [-0.2, -0.15) is 0 Å². The van der Waals surface area contributed by atoms with Gasteiger partial charge in [-0.3, -0.25) is 4.79 Å². The monoisotopic (exact) mass is 249 g/mol. The van der Waals surface area contributed by atoms with Gasteiger partial charge >= 0.3 is 0 Å². The first-order valence-corrected chi connectivity index (χ1v) is 6.11. The number of amides is 1. The molecule has 5 N–H and O–H groups in total. The lowest BCUT2D eigenvalue weighted by Gasteiger charge is -2.34. The van der Waals surface area contributed by atoms with Crippen molar-refractivity contribution in [2.24, 2.45) is 5.92 Å². The van der Waals surface area contributed by atoms with E-state index in [4.69, 9.17) is 11.5 Å². The number of nitrogens with zero attached hydrogens (tertiary/aromatic N) is 1. The summed E-state index contributed by atoms with van der Waals surface area (Å²) < 4.78 is 0. The molecular formula is C13H19N3O2. The molecule has 2 unspecified atom stereocenters. The smallest absolute Gasteiger partial charge is 0.255 e. The van der Waals surface area contributed by atoms with Crippen molar-refractivity contribution in [3.63, 3.8) is 0 Å². The van der Waals surface area contributed by atoms with Crippen molar-refractivity contribution in [3.05, 3.63) is 23.8 Å². The lowest BCUT2D eigenvalue weighted by molar-refractivity contribution is 0.0298. The number of carbonyl (C=O) groups is 1. The lowest BCUT2D eigenvalue weighted by Crippen LogP contribution is -2.45. The molecule has 1 heterocycles. The zero-order valence-corrected chi connectivity index (χ0v) is 10.5. The maximum Gasteiger partial charge on any atom is 0.255 e. The van der Waals surface area contributed by atoms with Crippen molar-refractivity contribution in [2.75, 3.05) is 24.6 Å². The number of carbonyl (C=O) groups excluding carboxylic acids is 1. The molecule has 1 aromatic rings. The van der Waals surface area contributed by atoms with Crippen LogP contribution in [-0.2, 0) is 0 Å². The minimum atomic E-state index is -0.321. The standard InChI is InChI=1S/C13H19N3O2/c1-8-7-16(5-4-12(8)17)13(18)10-3-2-9(14)6-11(10)15/h2-3,6,8,12,17H,4-5,7,14-15H2,1H3. The van der Waals surface area contributed by atoms with Gasteiger partial charge in [0.2, 0.25) is 0 Å². The number of likely N-dealkylation sites (tertiary alicyclic amines) is 1. The number of hydrogen-bond donors (Lipinski definition) is 3. The Morgan fingerprint density at radius 3 is 2.78 bits per heavy atom. The number of anilines is 2. The van der Waals surface area contributed by atoms with Gasteiger partial charge in [0.15, 0.2) is 0 Å². The number of aliphatic hydroxyl groups excluding tert-OH is 1. The number of benzene rings is 1. The molecular weight excluding hydrogens is 230 g/mol. The minimum Gasteiger partial charge on any atom is -0.399 e. The highest BCUT2D eigenvalue weighted by molar-refractivity contribution is 5.99. The number of rotatable bonds is 1. The minimum absolute atomic E-state index is 0.0914. The molecule has 1 aliphatic rings. The molecule has 2 rings (SSSR count). The summed E-state index contributed by atoms with van der Waals surface area (Å²) in [4.78, 5) is 14.0. The van der Waals surface area contributed by atoms with Gasteiger partial charge in [0.1, 0.15) is 0 Å². The molecule has 0 aliphatic carbocycles. The second-order valence-electron chi connectivity index (χ2n) is 4.93. The summed E-state index contributed by atoms with van der Waals surface area (Å²) in [5.41, 5.74) is 12.9. The highest BCUT2D eigenvalue weighted by Gasteiger charge is 2.28. The molecule has 0 bridgehead atoms. The highest BCUT2D eigenvalue weighted by Crippen LogP contribution is 2.22. The van der Waals surface area contributed by atoms with E-state index in [0.717, 1.165) is 0 Å². The zero-order chi connectivity index (χ0) is 13.3. The Morgan fingerprint density at radius 1 is 1.44 bits per heavy atom. The predicted molar refractivity (Wildman–Crippen MR) is 71.0 cm³/mol. The van der Waals surface area contributed by atoms with E-state index in [0.29, 0.717) is 36.4 Å². The fourth-order valence-electron chi connectivity index (χ4n) is 2.26. The number of hydrogen-bond acceptors (Lipinski definition) is 4. The van der Waals surface area contributed by atoms with Gasteiger partial charge in [0, 0.05) is 24.5 Å². The average molecular weight is 249 g/mol. The van der Waals surface area contributed by atoms with E-state index in [9.17, 15) is 9.90 Å². The van der Waals surface area contributed by atoms with Crippen LogP contribution in [0, 0.1) is 5.92 Å². The van der Waals surface area contributed by atoms with Gasteiger partial charge in [-0.05, 0) is 30.5 Å². The Kier molecular flexibility index (Phi) is 3.43. The Hall–Kier alpha value is -1.75. The first-order valence-electron chi connectivity index (χ1n) is 6.11. The molecule has 0 spiro atoms. The Bertz CT molecular complexity index is 462. The molecule has 1 aliphatic heterocycles. The van der Waals surface area contributed by atoms with Gasteiger partial charge in [0.05, 0.1) is 11.7 Å². The van der Waals surface area contributed by atoms with E-state index < -0.39 is 0 Å². The molecule has 5 nitrogen and oxygen atoms in total. The van der Waals surface area contributed by atoms with Crippen LogP contribution in [0.2, 0.25) is 0 Å². The van der Waals surface area contributed by atoms with Gasteiger partial charge in [-0.15, -0.1) is 0 Å². The average Bonchev–Trinajstić information content (AvgIpc) is 2.32. The largest absolute Gasteiger partial charge is 0.399 e. The second kappa shape index (κ2) is 4.86. The SMILES string of the molecule is CC1CN(C(=O)c2ccc(N)cc2N)CCC1O. The van der Waals surface area contributed by atoms with Crippen molar-refractivity contribution >= 4 is 17.3 Å². The van der Waals surface area contributed by atoms with Crippen molar-refractivity contribution in [3.8, 4) is 0 Å². The van der Waals surface area contributed by atoms with Crippen molar-refractivity contribution < 1.29 is 9.90 Å². The summed E-state index contributed by atoms with van der Waals surface area (Å²) >= 11 is 0. The topological polar surface area (TPSA) is 92.6 Å². The molecule has 0 saturated carbocycles. The van der Waals surface area contributed by atoms with E-state index in [1.54, 1.807) is 23.1 Å². The highest BCUT2D eigenvalue weighted by atomic mass is 16.3. The summed E-state index contributed by atoms with van der Waals surface area (Å²) in [6.45, 7) is 3.06. The normalized spacial score (nSPS) is 24.0. The quantitative estimate of drug-likeness (QED) is 0.638. The third-order valence-electron chi connectivity index (χ3n) is 3.45. The second-order valence-corrected chi connectivity index (χ2v) is 4.93. The summed E-state index contributed by atoms with van der Waals surface area (Å²) in [5.74, 6) is 0.00366. The number of nitrogens with two attached hydrogens (primary N) is 2. The van der Waals surface area contributed by atoms with Crippen molar-refractivity contribution in [1.82, 2.24) is 4.90 Å². The molecule has 98 valence electrons. The lowest BCUT2D eigenvalue weighted by atomic mass is 9.96. The molecule has 1 saturated heterocycles. The van der Waals surface area contributed by atoms with Crippen LogP contribution in [0.4, 0.5) is 11.4 Å². The summed E-state index contributed by atoms with van der Waals surface area (Å²) in [6, 6.07) is 4.92. The Morgan fingerprint density at radius 2 is 2.17 bits per heavy atom. The van der Waals surface area contributed by atoms with Crippen LogP contribution in [0.25, 0.3) is 0 Å². The first-order chi connectivity index (χ1) is 8.49. The van der Waals surface area contributed by atoms with Crippen LogP contribution in [0.5, 0.6) is 0 Å². The molecule has 1 aromatic carbocycles. The molecule has 0 radical (unpaired) electrons. The maximum atomic E-state index is 12.3. The van der Waals surface area contributed by atoms with Gasteiger partial charge in [-0.25, -0.2) is 0 Å². The molecule has 2 atom stereocenters. The van der Waals surface area contributed by atoms with Gasteiger partial charge < -0.3 is 21.5 Å². The predicted octanol–water partition coefficient (Wildman–Crippen LogP) is 0.694. The van der Waals surface area contributed by atoms with E-state index in [1.807, 2.05) is 6.92 Å². The van der Waals surface area contributed by atoms with E-state index >= 15 is 0 Å². The number of piperidine rings is 1. The first kappa shape index (κ1) is 12.7. The van der Waals surface area contributed by atoms with E-state index in [1.165, 1.54) is 0 Å². The van der Waals surface area contributed by atoms with E-state index in [-0.39, 0.29) is 17.9 Å². The van der Waals surface area contributed by atoms with Gasteiger partial charge in [-0.1, -0.05) is 6.92 Å². The van der Waals surface area contributed by atoms with E-state index in [2.05, 4.69) is 0 Å². The molecule has 1 amide bonds. The maximum absolute atomic E-state index is 12.3. The van der Waals surface area contributed by atoms with Crippen molar-refractivity contribution in [1.29, 1.82) is 0 Å². The summed E-state index contributed by atoms with van der Waals surface area (Å²) in [5, 5.41) is 9.66. The van der Waals surface area contributed by atoms with Crippen LogP contribution >= 0.6 is 0 Å². The number of aliphatic hydroxyl groups is 1. The third kappa shape index (κ3) is 2.41. The fourth-order valence-corrected chi connectivity index (χ4v) is 2.26. The van der Waals surface area contributed by atoms with Crippen LogP contribution < -0.4 is 11.5 Å². The summed E-state index contributed by atoms with van der Waals surface area (Å²) in [7, 11) is 0. The fraction of sp³-hybridized carbons (Fsp3) is 0.462. The van der Waals surface area contributed by atoms with Crippen LogP contribution in [0.15, 0.2) is 18.2 Å². The Labute approximate surface area is 106 Å². The van der Waals surface area contributed by atoms with Crippen molar-refractivity contribution in [2.45, 2.75) is 19.4 Å². The molecule has 1 fully saturated rings. The third-order valence-corrected chi connectivity index (χ3v) is 3.45. The molecule has 0 aromatic heterocycles.